The van der Waals surface area contributed by atoms with Gasteiger partial charge >= 0.3 is 12.1 Å². The van der Waals surface area contributed by atoms with Crippen LogP contribution in [0.3, 0.4) is 0 Å². The second-order valence-corrected chi connectivity index (χ2v) is 8.98. The second kappa shape index (κ2) is 11.8. The summed E-state index contributed by atoms with van der Waals surface area (Å²) in [5.41, 5.74) is 8.86. The first-order valence-electron chi connectivity index (χ1n) is 12.2. The maximum absolute atomic E-state index is 13.4. The second-order valence-electron chi connectivity index (χ2n) is 8.98. The van der Waals surface area contributed by atoms with Crippen molar-refractivity contribution >= 4 is 34.2 Å². The van der Waals surface area contributed by atoms with Gasteiger partial charge in [-0.05, 0) is 42.0 Å². The van der Waals surface area contributed by atoms with Crippen LogP contribution in [-0.4, -0.2) is 44.1 Å². The van der Waals surface area contributed by atoms with Gasteiger partial charge in [0.25, 0.3) is 11.5 Å². The lowest BCUT2D eigenvalue weighted by Crippen LogP contribution is -2.52. The molecule has 0 unspecified atom stereocenters. The number of aromatic nitrogens is 3. The number of rotatable bonds is 8. The molecule has 2 aromatic heterocycles. The number of nitrogen functional groups attached to an aromatic ring is 1. The average molecular weight is 554 g/mol. The molecule has 10 nitrogen and oxygen atoms in total. The summed E-state index contributed by atoms with van der Waals surface area (Å²) in [7, 11) is 0. The molecule has 4 N–H and O–H groups in total. The molecule has 0 atom stereocenters. The van der Waals surface area contributed by atoms with Crippen LogP contribution in [-0.2, 0) is 29.1 Å². The van der Waals surface area contributed by atoms with E-state index in [0.717, 1.165) is 10.1 Å². The zero-order chi connectivity index (χ0) is 28.9. The zero-order valence-corrected chi connectivity index (χ0v) is 21.4. The van der Waals surface area contributed by atoms with Crippen LogP contribution in [0.15, 0.2) is 71.8 Å². The zero-order valence-electron chi connectivity index (χ0n) is 21.4. The number of nitrogens with one attached hydrogen (secondary N) is 2. The summed E-state index contributed by atoms with van der Waals surface area (Å²) in [6.07, 6.45) is -1.82. The highest BCUT2D eigenvalue weighted by Gasteiger charge is 2.43. The van der Waals surface area contributed by atoms with Crippen molar-refractivity contribution in [1.29, 1.82) is 0 Å². The van der Waals surface area contributed by atoms with Crippen molar-refractivity contribution in [3.63, 3.8) is 0 Å². The number of fused-ring (bicyclic) bond motifs is 1. The molecule has 0 bridgehead atoms. The Hall–Kier alpha value is -4.94. The highest BCUT2D eigenvalue weighted by atomic mass is 19.4. The standard InChI is InChI=1S/C27H26F3N7O3/c1-17-14-34-24(33-11-9-18-5-3-2-4-6-18)25(39)36(17)16-22(38)35-37(26(40)27(28,29)30)15-19-7-8-21-20(13-19)10-12-32-23(21)31/h2-8,10,12-14H,9,11,15-16H2,1H3,(H2,31,32)(H,33,34)(H,35,38). The van der Waals surface area contributed by atoms with Gasteiger partial charge in [0, 0.05) is 30.0 Å². The van der Waals surface area contributed by atoms with Crippen LogP contribution in [0.25, 0.3) is 10.8 Å². The molecule has 0 aliphatic rings. The van der Waals surface area contributed by atoms with Crippen LogP contribution < -0.4 is 22.0 Å². The fourth-order valence-corrected chi connectivity index (χ4v) is 4.03. The van der Waals surface area contributed by atoms with Crippen molar-refractivity contribution in [3.8, 4) is 0 Å². The highest BCUT2D eigenvalue weighted by Crippen LogP contribution is 2.23. The molecule has 0 aliphatic carbocycles. The summed E-state index contributed by atoms with van der Waals surface area (Å²) in [5, 5.41) is 4.29. The van der Waals surface area contributed by atoms with E-state index >= 15 is 0 Å². The lowest BCUT2D eigenvalue weighted by molar-refractivity contribution is -0.190. The van der Waals surface area contributed by atoms with Gasteiger partial charge in [-0.2, -0.15) is 13.2 Å². The van der Waals surface area contributed by atoms with E-state index in [1.54, 1.807) is 18.2 Å². The minimum absolute atomic E-state index is 0.0116. The van der Waals surface area contributed by atoms with Crippen LogP contribution in [0.4, 0.5) is 24.8 Å². The van der Waals surface area contributed by atoms with E-state index in [4.69, 9.17) is 5.73 Å². The number of carbonyl (C=O) groups excluding carboxylic acids is 2. The number of benzene rings is 2. The summed E-state index contributed by atoms with van der Waals surface area (Å²) in [5.74, 6) is -3.04. The number of aryl methyl sites for hydroxylation is 1. The summed E-state index contributed by atoms with van der Waals surface area (Å²) in [6.45, 7) is 0.702. The number of nitrogens with zero attached hydrogens (tertiary/aromatic N) is 4. The third-order valence-electron chi connectivity index (χ3n) is 6.05. The van der Waals surface area contributed by atoms with Crippen LogP contribution in [0.5, 0.6) is 0 Å². The fraction of sp³-hybridized carbons (Fsp3) is 0.222. The lowest BCUT2D eigenvalue weighted by Gasteiger charge is -2.25. The molecular weight excluding hydrogens is 527 g/mol. The number of carbonyl (C=O) groups is 2. The molecule has 0 fully saturated rings. The van der Waals surface area contributed by atoms with Gasteiger partial charge in [0.2, 0.25) is 0 Å². The van der Waals surface area contributed by atoms with Gasteiger partial charge in [-0.1, -0.05) is 42.5 Å². The van der Waals surface area contributed by atoms with Crippen LogP contribution >= 0.6 is 0 Å². The minimum Gasteiger partial charge on any atom is -0.383 e. The Morgan fingerprint density at radius 2 is 1.80 bits per heavy atom. The van der Waals surface area contributed by atoms with Crippen molar-refractivity contribution in [1.82, 2.24) is 25.0 Å². The number of pyridine rings is 1. The van der Waals surface area contributed by atoms with Crippen molar-refractivity contribution in [2.75, 3.05) is 17.6 Å². The third-order valence-corrected chi connectivity index (χ3v) is 6.05. The number of halogens is 3. The van der Waals surface area contributed by atoms with Crippen LogP contribution in [0.2, 0.25) is 0 Å². The lowest BCUT2D eigenvalue weighted by atomic mass is 10.1. The average Bonchev–Trinajstić information content (AvgIpc) is 2.91. The summed E-state index contributed by atoms with van der Waals surface area (Å²) in [4.78, 5) is 46.0. The molecule has 0 saturated carbocycles. The molecule has 4 aromatic rings. The molecule has 0 radical (unpaired) electrons. The van der Waals surface area contributed by atoms with E-state index in [0.29, 0.717) is 35.0 Å². The Morgan fingerprint density at radius 1 is 1.05 bits per heavy atom. The first-order chi connectivity index (χ1) is 19.0. The maximum Gasteiger partial charge on any atom is 0.473 e. The predicted octanol–water partition coefficient (Wildman–Crippen LogP) is 2.96. The normalized spacial score (nSPS) is 11.3. The Kier molecular flexibility index (Phi) is 8.31. The summed E-state index contributed by atoms with van der Waals surface area (Å²) >= 11 is 0. The number of anilines is 2. The SMILES string of the molecule is Cc1cnc(NCCc2ccccc2)c(=O)n1CC(=O)NN(Cc1ccc2c(N)nccc2c1)C(=O)C(F)(F)F. The maximum atomic E-state index is 13.4. The third kappa shape index (κ3) is 6.73. The molecule has 40 heavy (non-hydrogen) atoms. The molecule has 0 saturated heterocycles. The Morgan fingerprint density at radius 3 is 2.52 bits per heavy atom. The van der Waals surface area contributed by atoms with Gasteiger partial charge in [0.15, 0.2) is 5.82 Å². The van der Waals surface area contributed by atoms with Gasteiger partial charge in [-0.15, -0.1) is 0 Å². The Labute approximate surface area is 226 Å². The highest BCUT2D eigenvalue weighted by molar-refractivity contribution is 5.91. The van der Waals surface area contributed by atoms with Crippen molar-refractivity contribution < 1.29 is 22.8 Å². The monoisotopic (exact) mass is 553 g/mol. The first-order valence-corrected chi connectivity index (χ1v) is 12.2. The van der Waals surface area contributed by atoms with Crippen molar-refractivity contribution in [2.45, 2.75) is 32.6 Å². The van der Waals surface area contributed by atoms with E-state index in [9.17, 15) is 27.6 Å². The molecule has 2 amide bonds. The van der Waals surface area contributed by atoms with Crippen molar-refractivity contribution in [3.05, 3.63) is 94.2 Å². The van der Waals surface area contributed by atoms with E-state index in [-0.39, 0.29) is 16.6 Å². The Bertz CT molecular complexity index is 1590. The van der Waals surface area contributed by atoms with Gasteiger partial charge in [0.05, 0.1) is 6.54 Å². The van der Waals surface area contributed by atoms with Gasteiger partial charge in [-0.25, -0.2) is 15.0 Å². The quantitative estimate of drug-likeness (QED) is 0.286. The van der Waals surface area contributed by atoms with E-state index in [1.807, 2.05) is 35.8 Å². The van der Waals surface area contributed by atoms with E-state index in [2.05, 4.69) is 15.3 Å². The molecule has 4 rings (SSSR count). The molecule has 208 valence electrons. The molecule has 0 spiro atoms. The number of nitrogens with two attached hydrogens (primary N) is 1. The van der Waals surface area contributed by atoms with Gasteiger partial charge in [-0.3, -0.25) is 24.4 Å². The molecule has 2 aromatic carbocycles. The van der Waals surface area contributed by atoms with Gasteiger partial charge < -0.3 is 11.1 Å². The molecular formula is C27H26F3N7O3. The van der Waals surface area contributed by atoms with E-state index < -0.39 is 36.6 Å². The number of amides is 2. The minimum atomic E-state index is -5.25. The number of hydrogen-bond donors (Lipinski definition) is 3. The number of alkyl halides is 3. The topological polar surface area (TPSA) is 135 Å². The molecule has 2 heterocycles. The van der Waals surface area contributed by atoms with Crippen LogP contribution in [0, 0.1) is 6.92 Å². The fourth-order valence-electron chi connectivity index (χ4n) is 4.03. The van der Waals surface area contributed by atoms with E-state index in [1.165, 1.54) is 25.4 Å². The van der Waals surface area contributed by atoms with Crippen molar-refractivity contribution in [2.24, 2.45) is 0 Å². The first kappa shape index (κ1) is 28.1. The Balaban J connectivity index is 1.49. The largest absolute Gasteiger partial charge is 0.473 e. The summed E-state index contributed by atoms with van der Waals surface area (Å²) in [6, 6.07) is 15.8. The number of hydrazine groups is 1. The molecule has 0 aliphatic heterocycles. The summed E-state index contributed by atoms with van der Waals surface area (Å²) < 4.78 is 41.2. The predicted molar refractivity (Wildman–Crippen MR) is 143 cm³/mol. The van der Waals surface area contributed by atoms with Crippen LogP contribution in [0.1, 0.15) is 16.8 Å². The van der Waals surface area contributed by atoms with Gasteiger partial charge in [0.1, 0.15) is 12.4 Å². The smallest absolute Gasteiger partial charge is 0.383 e. The molecule has 13 heteroatoms. The number of hydrogen-bond acceptors (Lipinski definition) is 7.